The molecule has 0 aromatic heterocycles. The van der Waals surface area contributed by atoms with E-state index >= 15 is 0 Å². The van der Waals surface area contributed by atoms with Crippen molar-refractivity contribution < 1.29 is 9.53 Å². The van der Waals surface area contributed by atoms with Crippen LogP contribution >= 0.6 is 11.8 Å². The minimum absolute atomic E-state index is 0.125. The third-order valence-electron chi connectivity index (χ3n) is 3.82. The molecular weight excluding hydrogens is 318 g/mol. The van der Waals surface area contributed by atoms with Gasteiger partial charge in [-0.25, -0.2) is 0 Å². The molecule has 0 bridgehead atoms. The second-order valence-electron chi connectivity index (χ2n) is 5.43. The van der Waals surface area contributed by atoms with Crippen molar-refractivity contribution in [2.24, 2.45) is 0 Å². The Kier molecular flexibility index (Phi) is 7.09. The summed E-state index contributed by atoms with van der Waals surface area (Å²) in [6.07, 6.45) is 5.26. The molecule has 0 radical (unpaired) electrons. The molecule has 126 valence electrons. The van der Waals surface area contributed by atoms with Gasteiger partial charge in [0.2, 0.25) is 5.91 Å². The first-order valence-corrected chi connectivity index (χ1v) is 9.05. The summed E-state index contributed by atoms with van der Waals surface area (Å²) in [5, 5.41) is 2.90. The van der Waals surface area contributed by atoms with Crippen molar-refractivity contribution in [1.29, 1.82) is 0 Å². The Labute approximate surface area is 148 Å². The van der Waals surface area contributed by atoms with E-state index in [1.165, 1.54) is 4.90 Å². The maximum Gasteiger partial charge on any atom is 0.244 e. The van der Waals surface area contributed by atoms with Gasteiger partial charge >= 0.3 is 0 Å². The molecular formula is C20H23NO2S. The molecule has 1 N–H and O–H groups in total. The summed E-state index contributed by atoms with van der Waals surface area (Å²) in [7, 11) is 1.66. The molecule has 0 aliphatic heterocycles. The molecule has 1 amide bonds. The predicted molar refractivity (Wildman–Crippen MR) is 101 cm³/mol. The van der Waals surface area contributed by atoms with E-state index in [2.05, 4.69) is 5.32 Å². The zero-order valence-corrected chi connectivity index (χ0v) is 15.1. The first-order chi connectivity index (χ1) is 11.6. The third-order valence-corrected chi connectivity index (χ3v) is 4.57. The van der Waals surface area contributed by atoms with E-state index in [-0.39, 0.29) is 12.0 Å². The molecule has 2 aromatic rings. The van der Waals surface area contributed by atoms with E-state index in [1.807, 2.05) is 67.8 Å². The summed E-state index contributed by atoms with van der Waals surface area (Å²) in [4.78, 5) is 13.2. The Bertz CT molecular complexity index is 695. The number of aryl methyl sites for hydroxylation is 1. The average Bonchev–Trinajstić information content (AvgIpc) is 2.62. The van der Waals surface area contributed by atoms with Crippen LogP contribution in [0.3, 0.4) is 0 Å². The SMILES string of the molecule is CO[C@H](CNC(=O)/C=C/c1ccc(SC)cc1)c1ccccc1C. The monoisotopic (exact) mass is 341 g/mol. The van der Waals surface area contributed by atoms with Crippen molar-refractivity contribution in [3.63, 3.8) is 0 Å². The summed E-state index contributed by atoms with van der Waals surface area (Å²) in [6, 6.07) is 16.1. The second kappa shape index (κ2) is 9.30. The van der Waals surface area contributed by atoms with E-state index < -0.39 is 0 Å². The highest BCUT2D eigenvalue weighted by atomic mass is 32.2. The molecule has 0 saturated carbocycles. The van der Waals surface area contributed by atoms with Gasteiger partial charge in [-0.3, -0.25) is 4.79 Å². The number of amides is 1. The van der Waals surface area contributed by atoms with Crippen LogP contribution in [0, 0.1) is 6.92 Å². The van der Waals surface area contributed by atoms with Crippen LogP contribution in [0.5, 0.6) is 0 Å². The molecule has 0 saturated heterocycles. The van der Waals surface area contributed by atoms with E-state index in [9.17, 15) is 4.79 Å². The summed E-state index contributed by atoms with van der Waals surface area (Å²) in [5.41, 5.74) is 3.25. The Hall–Kier alpha value is -2.04. The largest absolute Gasteiger partial charge is 0.375 e. The maximum atomic E-state index is 12.0. The van der Waals surface area contributed by atoms with Gasteiger partial charge in [0.15, 0.2) is 0 Å². The Morgan fingerprint density at radius 1 is 1.21 bits per heavy atom. The third kappa shape index (κ3) is 5.25. The topological polar surface area (TPSA) is 38.3 Å². The van der Waals surface area contributed by atoms with Crippen molar-refractivity contribution in [2.75, 3.05) is 19.9 Å². The molecule has 0 aliphatic rings. The number of nitrogens with one attached hydrogen (secondary N) is 1. The second-order valence-corrected chi connectivity index (χ2v) is 6.31. The highest BCUT2D eigenvalue weighted by Crippen LogP contribution is 2.19. The van der Waals surface area contributed by atoms with Crippen molar-refractivity contribution in [1.82, 2.24) is 5.32 Å². The van der Waals surface area contributed by atoms with Gasteiger partial charge in [0.25, 0.3) is 0 Å². The summed E-state index contributed by atoms with van der Waals surface area (Å²) < 4.78 is 5.51. The number of hydrogen-bond donors (Lipinski definition) is 1. The normalized spacial score (nSPS) is 12.3. The zero-order chi connectivity index (χ0) is 17.4. The van der Waals surface area contributed by atoms with Crippen LogP contribution < -0.4 is 5.32 Å². The zero-order valence-electron chi connectivity index (χ0n) is 14.3. The fraction of sp³-hybridized carbons (Fsp3) is 0.250. The van der Waals surface area contributed by atoms with Gasteiger partial charge in [0, 0.05) is 24.6 Å². The van der Waals surface area contributed by atoms with Crippen molar-refractivity contribution in [3.05, 3.63) is 71.3 Å². The van der Waals surface area contributed by atoms with Crippen LogP contribution in [0.25, 0.3) is 6.08 Å². The van der Waals surface area contributed by atoms with Gasteiger partial charge in [-0.05, 0) is 48.1 Å². The number of ether oxygens (including phenoxy) is 1. The predicted octanol–water partition coefficient (Wildman–Crippen LogP) is 4.23. The number of carbonyl (C=O) groups excluding carboxylic acids is 1. The highest BCUT2D eigenvalue weighted by Gasteiger charge is 2.13. The number of carbonyl (C=O) groups is 1. The van der Waals surface area contributed by atoms with E-state index in [1.54, 1.807) is 24.9 Å². The Balaban J connectivity index is 1.91. The van der Waals surface area contributed by atoms with Gasteiger partial charge in [-0.15, -0.1) is 11.8 Å². The molecule has 0 heterocycles. The lowest BCUT2D eigenvalue weighted by Crippen LogP contribution is -2.27. The van der Waals surface area contributed by atoms with Crippen LogP contribution in [0.4, 0.5) is 0 Å². The van der Waals surface area contributed by atoms with E-state index in [4.69, 9.17) is 4.74 Å². The molecule has 0 fully saturated rings. The van der Waals surface area contributed by atoms with E-state index in [0.29, 0.717) is 6.54 Å². The lowest BCUT2D eigenvalue weighted by atomic mass is 10.0. The molecule has 4 heteroatoms. The fourth-order valence-corrected chi connectivity index (χ4v) is 2.82. The molecule has 2 rings (SSSR count). The lowest BCUT2D eigenvalue weighted by Gasteiger charge is -2.18. The van der Waals surface area contributed by atoms with Crippen molar-refractivity contribution in [2.45, 2.75) is 17.9 Å². The molecule has 1 atom stereocenters. The number of rotatable bonds is 7. The van der Waals surface area contributed by atoms with Gasteiger partial charge < -0.3 is 10.1 Å². The number of thioether (sulfide) groups is 1. The Morgan fingerprint density at radius 3 is 2.54 bits per heavy atom. The quantitative estimate of drug-likeness (QED) is 0.605. The van der Waals surface area contributed by atoms with Crippen LogP contribution in [0.2, 0.25) is 0 Å². The summed E-state index contributed by atoms with van der Waals surface area (Å²) in [5.74, 6) is -0.125. The number of methoxy groups -OCH3 is 1. The minimum atomic E-state index is -0.149. The van der Waals surface area contributed by atoms with Crippen molar-refractivity contribution >= 4 is 23.7 Å². The highest BCUT2D eigenvalue weighted by molar-refractivity contribution is 7.98. The van der Waals surface area contributed by atoms with Crippen LogP contribution in [-0.2, 0) is 9.53 Å². The van der Waals surface area contributed by atoms with Gasteiger partial charge in [-0.1, -0.05) is 36.4 Å². The fourth-order valence-electron chi connectivity index (χ4n) is 2.41. The minimum Gasteiger partial charge on any atom is -0.375 e. The standard InChI is InChI=1S/C20H23NO2S/c1-15-6-4-5-7-18(15)19(23-2)14-21-20(22)13-10-16-8-11-17(24-3)12-9-16/h4-13,19H,14H2,1-3H3,(H,21,22)/b13-10+/t19-/m1/s1. The van der Waals surface area contributed by atoms with Gasteiger partial charge in [0.1, 0.15) is 0 Å². The number of benzene rings is 2. The molecule has 2 aromatic carbocycles. The molecule has 0 aliphatic carbocycles. The maximum absolute atomic E-state index is 12.0. The van der Waals surface area contributed by atoms with Gasteiger partial charge in [0.05, 0.1) is 6.10 Å². The molecule has 3 nitrogen and oxygen atoms in total. The first kappa shape index (κ1) is 18.3. The van der Waals surface area contributed by atoms with Crippen LogP contribution in [0.1, 0.15) is 22.8 Å². The summed E-state index contributed by atoms with van der Waals surface area (Å²) >= 11 is 1.70. The number of hydrogen-bond acceptors (Lipinski definition) is 3. The van der Waals surface area contributed by atoms with Crippen LogP contribution in [-0.4, -0.2) is 25.8 Å². The lowest BCUT2D eigenvalue weighted by molar-refractivity contribution is -0.117. The van der Waals surface area contributed by atoms with Crippen LogP contribution in [0.15, 0.2) is 59.5 Å². The van der Waals surface area contributed by atoms with E-state index in [0.717, 1.165) is 16.7 Å². The summed E-state index contributed by atoms with van der Waals surface area (Å²) in [6.45, 7) is 2.48. The molecule has 24 heavy (non-hydrogen) atoms. The first-order valence-electron chi connectivity index (χ1n) is 7.82. The Morgan fingerprint density at radius 2 is 1.92 bits per heavy atom. The van der Waals surface area contributed by atoms with Gasteiger partial charge in [-0.2, -0.15) is 0 Å². The average molecular weight is 341 g/mol. The molecule has 0 spiro atoms. The van der Waals surface area contributed by atoms with Crippen molar-refractivity contribution in [3.8, 4) is 0 Å². The smallest absolute Gasteiger partial charge is 0.244 e. The molecule has 0 unspecified atom stereocenters.